The van der Waals surface area contributed by atoms with E-state index in [1.807, 2.05) is 49.1 Å². The van der Waals surface area contributed by atoms with Crippen molar-refractivity contribution >= 4 is 23.3 Å². The van der Waals surface area contributed by atoms with Gasteiger partial charge in [-0.15, -0.1) is 0 Å². The van der Waals surface area contributed by atoms with Crippen LogP contribution in [0.5, 0.6) is 0 Å². The van der Waals surface area contributed by atoms with Gasteiger partial charge in [0, 0.05) is 38.3 Å². The van der Waals surface area contributed by atoms with Crippen molar-refractivity contribution in [3.63, 3.8) is 0 Å². The van der Waals surface area contributed by atoms with E-state index in [1.165, 1.54) is 13.2 Å². The molecule has 2 aliphatic rings. The van der Waals surface area contributed by atoms with E-state index in [2.05, 4.69) is 4.90 Å². The smallest absolute Gasteiger partial charge is 0.324 e. The molecule has 2 aliphatic heterocycles. The fraction of sp³-hybridized carbons (Fsp3) is 0.448. The summed E-state index contributed by atoms with van der Waals surface area (Å²) in [7, 11) is 1.36. The Labute approximate surface area is 223 Å². The number of hydrogen-bond donors (Lipinski definition) is 0. The summed E-state index contributed by atoms with van der Waals surface area (Å²) in [5.74, 6) is -0.202. The van der Waals surface area contributed by atoms with Gasteiger partial charge in [0.1, 0.15) is 18.1 Å². The number of amides is 1. The summed E-state index contributed by atoms with van der Waals surface area (Å²) in [6.07, 6.45) is 3.36. The highest BCUT2D eigenvalue weighted by atomic mass is 19.1. The predicted octanol–water partition coefficient (Wildman–Crippen LogP) is 4.10. The maximum atomic E-state index is 15.4. The van der Waals surface area contributed by atoms with Crippen molar-refractivity contribution < 1.29 is 28.2 Å². The second-order valence-electron chi connectivity index (χ2n) is 9.40. The van der Waals surface area contributed by atoms with Crippen LogP contribution in [0.4, 0.5) is 15.8 Å². The van der Waals surface area contributed by atoms with Crippen LogP contribution in [-0.4, -0.2) is 68.9 Å². The van der Waals surface area contributed by atoms with Crippen LogP contribution in [0, 0.1) is 5.82 Å². The lowest BCUT2D eigenvalue weighted by molar-refractivity contribution is -0.148. The van der Waals surface area contributed by atoms with Crippen LogP contribution in [0.3, 0.4) is 0 Å². The van der Waals surface area contributed by atoms with E-state index in [9.17, 15) is 9.59 Å². The van der Waals surface area contributed by atoms with Gasteiger partial charge < -0.3 is 24.0 Å². The molecule has 0 aromatic heterocycles. The zero-order valence-corrected chi connectivity index (χ0v) is 22.3. The van der Waals surface area contributed by atoms with Crippen LogP contribution in [0.1, 0.15) is 32.3 Å². The van der Waals surface area contributed by atoms with Gasteiger partial charge in [-0.3, -0.25) is 14.5 Å². The van der Waals surface area contributed by atoms with Crippen molar-refractivity contribution in [1.29, 1.82) is 0 Å². The van der Waals surface area contributed by atoms with E-state index in [4.69, 9.17) is 14.2 Å². The molecule has 1 saturated heterocycles. The van der Waals surface area contributed by atoms with E-state index in [1.54, 1.807) is 23.3 Å². The van der Waals surface area contributed by atoms with Crippen molar-refractivity contribution in [3.05, 3.63) is 71.9 Å². The van der Waals surface area contributed by atoms with Crippen LogP contribution in [0.2, 0.25) is 0 Å². The lowest BCUT2D eigenvalue weighted by atomic mass is 9.99. The summed E-state index contributed by atoms with van der Waals surface area (Å²) in [5.41, 5.74) is 2.02. The van der Waals surface area contributed by atoms with Gasteiger partial charge in [0.25, 0.3) is 0 Å². The third-order valence-corrected chi connectivity index (χ3v) is 7.05. The Balaban J connectivity index is 1.58. The number of halogens is 1. The first-order valence-electron chi connectivity index (χ1n) is 13.1. The van der Waals surface area contributed by atoms with E-state index < -0.39 is 17.8 Å². The summed E-state index contributed by atoms with van der Waals surface area (Å²) in [6.45, 7) is 5.64. The number of carbonyl (C=O) groups is 2. The molecule has 8 nitrogen and oxygen atoms in total. The minimum absolute atomic E-state index is 0.0293. The minimum atomic E-state index is -0.648. The van der Waals surface area contributed by atoms with Crippen LogP contribution in [-0.2, 0) is 30.2 Å². The van der Waals surface area contributed by atoms with Gasteiger partial charge >= 0.3 is 5.97 Å². The molecule has 1 amide bonds. The first kappa shape index (κ1) is 27.4. The third-order valence-electron chi connectivity index (χ3n) is 7.05. The Morgan fingerprint density at radius 2 is 1.95 bits per heavy atom. The van der Waals surface area contributed by atoms with Crippen molar-refractivity contribution in [2.75, 3.05) is 49.9 Å². The molecule has 1 fully saturated rings. The van der Waals surface area contributed by atoms with Crippen LogP contribution in [0.25, 0.3) is 0 Å². The number of nitrogens with zero attached hydrogens (tertiary/aromatic N) is 3. The highest BCUT2D eigenvalue weighted by molar-refractivity contribution is 5.93. The van der Waals surface area contributed by atoms with Gasteiger partial charge in [-0.1, -0.05) is 37.3 Å². The third kappa shape index (κ3) is 6.10. The lowest BCUT2D eigenvalue weighted by Crippen LogP contribution is -2.60. The quantitative estimate of drug-likeness (QED) is 0.433. The number of hydrogen-bond acceptors (Lipinski definition) is 7. The first-order valence-corrected chi connectivity index (χ1v) is 13.1. The molecule has 4 rings (SSSR count). The van der Waals surface area contributed by atoms with E-state index in [-0.39, 0.29) is 25.3 Å². The number of carbonyl (C=O) groups excluding carboxylic acids is 2. The molecule has 0 saturated carbocycles. The summed E-state index contributed by atoms with van der Waals surface area (Å²) in [6, 6.07) is 13.9. The summed E-state index contributed by atoms with van der Waals surface area (Å²) < 4.78 is 31.7. The zero-order valence-electron chi connectivity index (χ0n) is 22.3. The highest BCUT2D eigenvalue weighted by Gasteiger charge is 2.40. The fourth-order valence-corrected chi connectivity index (χ4v) is 5.15. The molecule has 38 heavy (non-hydrogen) atoms. The van der Waals surface area contributed by atoms with Gasteiger partial charge in [0.2, 0.25) is 12.7 Å². The number of esters is 1. The van der Waals surface area contributed by atoms with Crippen LogP contribution in [0.15, 0.2) is 60.6 Å². The molecule has 0 radical (unpaired) electrons. The number of anilines is 2. The van der Waals surface area contributed by atoms with Crippen LogP contribution < -0.4 is 9.80 Å². The second kappa shape index (κ2) is 12.8. The van der Waals surface area contributed by atoms with Crippen molar-refractivity contribution in [2.45, 2.75) is 45.2 Å². The second-order valence-corrected chi connectivity index (χ2v) is 9.40. The Bertz CT molecular complexity index is 1140. The fourth-order valence-electron chi connectivity index (χ4n) is 5.15. The Hall–Kier alpha value is -3.59. The van der Waals surface area contributed by atoms with Gasteiger partial charge in [0.15, 0.2) is 5.76 Å². The Kier molecular flexibility index (Phi) is 9.23. The average Bonchev–Trinajstić information content (AvgIpc) is 3.47. The normalized spacial score (nSPS) is 18.3. The van der Waals surface area contributed by atoms with Gasteiger partial charge in [-0.05, 0) is 43.5 Å². The SMILES string of the molecule is CCCC(=O)N(CC)c1ccc(N2CCN(C(Cc3ccccc3)C3=COCO3)C(C(=O)OC)C2)c(F)c1. The molecule has 204 valence electrons. The monoisotopic (exact) mass is 525 g/mol. The van der Waals surface area contributed by atoms with Crippen molar-refractivity contribution in [1.82, 2.24) is 4.90 Å². The molecule has 0 N–H and O–H groups in total. The molecule has 2 heterocycles. The summed E-state index contributed by atoms with van der Waals surface area (Å²) >= 11 is 0. The molecule has 2 atom stereocenters. The maximum absolute atomic E-state index is 15.4. The number of ether oxygens (including phenoxy) is 3. The van der Waals surface area contributed by atoms with Gasteiger partial charge in [-0.25, -0.2) is 4.39 Å². The van der Waals surface area contributed by atoms with Crippen molar-refractivity contribution in [3.8, 4) is 0 Å². The molecule has 0 spiro atoms. The molecule has 0 bridgehead atoms. The molecule has 2 aromatic carbocycles. The number of piperazine rings is 1. The summed E-state index contributed by atoms with van der Waals surface area (Å²) in [5, 5.41) is 0. The van der Waals surface area contributed by atoms with E-state index in [0.29, 0.717) is 49.6 Å². The summed E-state index contributed by atoms with van der Waals surface area (Å²) in [4.78, 5) is 31.0. The molecule has 0 aliphatic carbocycles. The standard InChI is InChI=1S/C29H36FN3O5/c1-4-9-28(34)32(5-2)22-12-13-24(23(30)17-22)31-14-15-33(26(18-31)29(35)36-3)25(27-19-37-20-38-27)16-21-10-7-6-8-11-21/h6-8,10-13,17,19,25-26H,4-5,9,14-16,18,20H2,1-3H3. The predicted molar refractivity (Wildman–Crippen MR) is 143 cm³/mol. The minimum Gasteiger partial charge on any atom is -0.468 e. The van der Waals surface area contributed by atoms with Crippen molar-refractivity contribution in [2.24, 2.45) is 0 Å². The maximum Gasteiger partial charge on any atom is 0.324 e. The molecule has 2 aromatic rings. The highest BCUT2D eigenvalue weighted by Crippen LogP contribution is 2.31. The number of benzene rings is 2. The number of methoxy groups -OCH3 is 1. The Morgan fingerprint density at radius 3 is 2.58 bits per heavy atom. The topological polar surface area (TPSA) is 71.6 Å². The zero-order chi connectivity index (χ0) is 27.1. The Morgan fingerprint density at radius 1 is 1.16 bits per heavy atom. The number of rotatable bonds is 10. The van der Waals surface area contributed by atoms with Gasteiger partial charge in [-0.2, -0.15) is 0 Å². The lowest BCUT2D eigenvalue weighted by Gasteiger charge is -2.44. The average molecular weight is 526 g/mol. The largest absolute Gasteiger partial charge is 0.468 e. The van der Waals surface area contributed by atoms with E-state index >= 15 is 4.39 Å². The molecular weight excluding hydrogens is 489 g/mol. The molecule has 9 heteroatoms. The van der Waals surface area contributed by atoms with E-state index in [0.717, 1.165) is 12.0 Å². The van der Waals surface area contributed by atoms with Gasteiger partial charge in [0.05, 0.1) is 18.8 Å². The molecule has 2 unspecified atom stereocenters. The first-order chi connectivity index (χ1) is 18.5. The van der Waals surface area contributed by atoms with Crippen LogP contribution >= 0.6 is 0 Å². The molecular formula is C29H36FN3O5.